The van der Waals surface area contributed by atoms with E-state index >= 15 is 0 Å². The maximum Gasteiger partial charge on any atom is 0.0839 e. The molecular weight excluding hydrogens is 234 g/mol. The predicted molar refractivity (Wildman–Crippen MR) is 75.8 cm³/mol. The summed E-state index contributed by atoms with van der Waals surface area (Å²) in [4.78, 5) is 5.09. The van der Waals surface area contributed by atoms with Crippen LogP contribution >= 0.6 is 0 Å². The molecule has 0 aromatic heterocycles. The first-order valence-corrected chi connectivity index (χ1v) is 7.28. The van der Waals surface area contributed by atoms with E-state index in [9.17, 15) is 5.26 Å². The van der Waals surface area contributed by atoms with Gasteiger partial charge in [0.05, 0.1) is 12.0 Å². The van der Waals surface area contributed by atoms with Crippen molar-refractivity contribution in [1.29, 1.82) is 5.26 Å². The highest BCUT2D eigenvalue weighted by molar-refractivity contribution is 5.25. The van der Waals surface area contributed by atoms with Crippen molar-refractivity contribution in [3.63, 3.8) is 0 Å². The first kappa shape index (κ1) is 12.7. The van der Waals surface area contributed by atoms with Crippen molar-refractivity contribution >= 4 is 0 Å². The molecule has 0 saturated carbocycles. The van der Waals surface area contributed by atoms with Crippen LogP contribution in [0.2, 0.25) is 0 Å². The molecule has 1 aromatic rings. The Kier molecular flexibility index (Phi) is 3.82. The molecule has 2 aliphatic heterocycles. The summed E-state index contributed by atoms with van der Waals surface area (Å²) in [5.41, 5.74) is 1.15. The van der Waals surface area contributed by atoms with Crippen LogP contribution in [0.3, 0.4) is 0 Å². The summed E-state index contributed by atoms with van der Waals surface area (Å²) < 4.78 is 0. The molecule has 0 amide bonds. The van der Waals surface area contributed by atoms with E-state index in [1.165, 1.54) is 25.9 Å². The predicted octanol–water partition coefficient (Wildman–Crippen LogP) is 2.07. The molecule has 2 aliphatic rings. The molecule has 3 nitrogen and oxygen atoms in total. The minimum Gasteiger partial charge on any atom is -0.299 e. The highest BCUT2D eigenvalue weighted by Gasteiger charge is 2.31. The van der Waals surface area contributed by atoms with Crippen LogP contribution in [-0.2, 0) is 0 Å². The molecule has 2 unspecified atom stereocenters. The van der Waals surface area contributed by atoms with Crippen LogP contribution in [-0.4, -0.2) is 48.6 Å². The molecule has 100 valence electrons. The number of benzene rings is 1. The lowest BCUT2D eigenvalue weighted by Crippen LogP contribution is -2.50. The van der Waals surface area contributed by atoms with Gasteiger partial charge in [-0.2, -0.15) is 5.26 Å². The zero-order chi connectivity index (χ0) is 13.1. The summed E-state index contributed by atoms with van der Waals surface area (Å²) in [5.74, 6) is 0.00848. The van der Waals surface area contributed by atoms with Gasteiger partial charge in [-0.05, 0) is 24.9 Å². The molecule has 2 saturated heterocycles. The number of piperazine rings is 1. The largest absolute Gasteiger partial charge is 0.299 e. The zero-order valence-electron chi connectivity index (χ0n) is 11.3. The van der Waals surface area contributed by atoms with E-state index < -0.39 is 0 Å². The monoisotopic (exact) mass is 255 g/mol. The Labute approximate surface area is 115 Å². The lowest BCUT2D eigenvalue weighted by atomic mass is 9.99. The van der Waals surface area contributed by atoms with Gasteiger partial charge in [-0.15, -0.1) is 0 Å². The lowest BCUT2D eigenvalue weighted by Gasteiger charge is -2.38. The van der Waals surface area contributed by atoms with Crippen molar-refractivity contribution in [3.05, 3.63) is 35.9 Å². The van der Waals surface area contributed by atoms with Gasteiger partial charge in [-0.1, -0.05) is 30.3 Å². The number of hydrogen-bond acceptors (Lipinski definition) is 3. The Morgan fingerprint density at radius 3 is 2.84 bits per heavy atom. The Bertz CT molecular complexity index is 451. The van der Waals surface area contributed by atoms with E-state index in [1.807, 2.05) is 18.2 Å². The number of nitrogens with zero attached hydrogens (tertiary/aromatic N) is 3. The van der Waals surface area contributed by atoms with Gasteiger partial charge in [0.1, 0.15) is 0 Å². The molecule has 0 radical (unpaired) electrons. The summed E-state index contributed by atoms with van der Waals surface area (Å²) in [7, 11) is 0. The fraction of sp³-hybridized carbons (Fsp3) is 0.562. The van der Waals surface area contributed by atoms with E-state index in [-0.39, 0.29) is 5.92 Å². The second-order valence-electron chi connectivity index (χ2n) is 5.68. The Morgan fingerprint density at radius 2 is 2.05 bits per heavy atom. The summed E-state index contributed by atoms with van der Waals surface area (Å²) in [5, 5.41) is 9.41. The van der Waals surface area contributed by atoms with Crippen molar-refractivity contribution < 1.29 is 0 Å². The smallest absolute Gasteiger partial charge is 0.0839 e. The summed E-state index contributed by atoms with van der Waals surface area (Å²) in [6.45, 7) is 5.59. The quantitative estimate of drug-likeness (QED) is 0.828. The minimum absolute atomic E-state index is 0.00848. The first-order chi connectivity index (χ1) is 9.36. The molecule has 0 spiro atoms. The van der Waals surface area contributed by atoms with Gasteiger partial charge in [0, 0.05) is 32.2 Å². The van der Waals surface area contributed by atoms with Gasteiger partial charge in [0.25, 0.3) is 0 Å². The van der Waals surface area contributed by atoms with Gasteiger partial charge in [-0.3, -0.25) is 9.80 Å². The molecule has 1 aromatic carbocycles. The Balaban J connectivity index is 1.62. The third kappa shape index (κ3) is 2.80. The molecule has 3 heteroatoms. The first-order valence-electron chi connectivity index (χ1n) is 7.28. The maximum absolute atomic E-state index is 9.41. The van der Waals surface area contributed by atoms with E-state index in [0.29, 0.717) is 0 Å². The molecule has 3 rings (SSSR count). The summed E-state index contributed by atoms with van der Waals surface area (Å²) in [6.07, 6.45) is 2.68. The average Bonchev–Trinajstić information content (AvgIpc) is 2.93. The highest BCUT2D eigenvalue weighted by Crippen LogP contribution is 2.23. The van der Waals surface area contributed by atoms with Gasteiger partial charge in [0.15, 0.2) is 0 Å². The fourth-order valence-corrected chi connectivity index (χ4v) is 3.39. The number of hydrogen-bond donors (Lipinski definition) is 0. The van der Waals surface area contributed by atoms with Crippen LogP contribution in [0.5, 0.6) is 0 Å². The summed E-state index contributed by atoms with van der Waals surface area (Å²) in [6, 6.07) is 13.4. The normalized spacial score (nSPS) is 25.7. The van der Waals surface area contributed by atoms with Crippen LogP contribution in [0.4, 0.5) is 0 Å². The van der Waals surface area contributed by atoms with E-state index in [4.69, 9.17) is 0 Å². The van der Waals surface area contributed by atoms with Gasteiger partial charge in [0.2, 0.25) is 0 Å². The number of rotatable bonds is 3. The Morgan fingerprint density at radius 1 is 1.21 bits per heavy atom. The molecule has 2 fully saturated rings. The van der Waals surface area contributed by atoms with Crippen molar-refractivity contribution in [2.75, 3.05) is 32.7 Å². The average molecular weight is 255 g/mol. The van der Waals surface area contributed by atoms with Crippen molar-refractivity contribution in [2.24, 2.45) is 0 Å². The molecule has 0 aliphatic carbocycles. The van der Waals surface area contributed by atoms with Crippen LogP contribution in [0.15, 0.2) is 30.3 Å². The Hall–Kier alpha value is -1.37. The third-order valence-electron chi connectivity index (χ3n) is 4.47. The topological polar surface area (TPSA) is 30.3 Å². The van der Waals surface area contributed by atoms with E-state index in [2.05, 4.69) is 28.0 Å². The molecule has 0 N–H and O–H groups in total. The van der Waals surface area contributed by atoms with Crippen LogP contribution < -0.4 is 0 Å². The van der Waals surface area contributed by atoms with Crippen LogP contribution in [0.1, 0.15) is 24.3 Å². The number of nitriles is 1. The van der Waals surface area contributed by atoms with Crippen molar-refractivity contribution in [1.82, 2.24) is 9.80 Å². The second-order valence-corrected chi connectivity index (χ2v) is 5.68. The zero-order valence-corrected chi connectivity index (χ0v) is 11.3. The molecule has 2 heterocycles. The van der Waals surface area contributed by atoms with Gasteiger partial charge < -0.3 is 0 Å². The SMILES string of the molecule is N#CC(CN1CCN2CCCC2C1)c1ccccc1. The van der Waals surface area contributed by atoms with Gasteiger partial charge >= 0.3 is 0 Å². The fourth-order valence-electron chi connectivity index (χ4n) is 3.39. The standard InChI is InChI=1S/C16H21N3/c17-11-15(14-5-2-1-3-6-14)12-18-9-10-19-8-4-7-16(19)13-18/h1-3,5-6,15-16H,4,7-10,12-13H2. The van der Waals surface area contributed by atoms with Crippen LogP contribution in [0, 0.1) is 11.3 Å². The van der Waals surface area contributed by atoms with Gasteiger partial charge in [-0.25, -0.2) is 0 Å². The second kappa shape index (κ2) is 5.73. The van der Waals surface area contributed by atoms with E-state index in [0.717, 1.165) is 31.2 Å². The minimum atomic E-state index is 0.00848. The molecular formula is C16H21N3. The van der Waals surface area contributed by atoms with Crippen LogP contribution in [0.25, 0.3) is 0 Å². The van der Waals surface area contributed by atoms with Crippen molar-refractivity contribution in [2.45, 2.75) is 24.8 Å². The third-order valence-corrected chi connectivity index (χ3v) is 4.47. The molecule has 2 atom stereocenters. The van der Waals surface area contributed by atoms with E-state index in [1.54, 1.807) is 0 Å². The van der Waals surface area contributed by atoms with Crippen molar-refractivity contribution in [3.8, 4) is 6.07 Å². The molecule has 0 bridgehead atoms. The lowest BCUT2D eigenvalue weighted by molar-refractivity contribution is 0.103. The maximum atomic E-state index is 9.41. The molecule has 19 heavy (non-hydrogen) atoms. The highest BCUT2D eigenvalue weighted by atomic mass is 15.3. The summed E-state index contributed by atoms with van der Waals surface area (Å²) >= 11 is 0. The number of fused-ring (bicyclic) bond motifs is 1.